The summed E-state index contributed by atoms with van der Waals surface area (Å²) in [4.78, 5) is 13.4. The Labute approximate surface area is 130 Å². The number of carbonyl (C=O) groups excluding carboxylic acids is 1. The van der Waals surface area contributed by atoms with Crippen LogP contribution in [0.1, 0.15) is 43.9 Å². The summed E-state index contributed by atoms with van der Waals surface area (Å²) < 4.78 is 13.3. The van der Waals surface area contributed by atoms with Crippen LogP contribution in [-0.4, -0.2) is 28.0 Å². The molecule has 0 bridgehead atoms. The lowest BCUT2D eigenvalue weighted by atomic mass is 9.92. The minimum absolute atomic E-state index is 0.0481. The number of carbonyl (C=O) groups is 1. The van der Waals surface area contributed by atoms with Gasteiger partial charge in [0.1, 0.15) is 5.82 Å². The summed E-state index contributed by atoms with van der Waals surface area (Å²) in [6.45, 7) is 6.92. The Morgan fingerprint density at radius 1 is 1.48 bits per heavy atom. The van der Waals surface area contributed by atoms with Crippen LogP contribution < -0.4 is 5.73 Å². The van der Waals surface area contributed by atoms with Gasteiger partial charge in [0.15, 0.2) is 0 Å². The molecule has 1 saturated heterocycles. The highest BCUT2D eigenvalue weighted by Crippen LogP contribution is 2.38. The van der Waals surface area contributed by atoms with Gasteiger partial charge in [-0.1, -0.05) is 19.9 Å². The smallest absolute Gasteiger partial charge is 0.315 e. The minimum atomic E-state index is -0.392. The molecule has 2 N–H and O–H groups in total. The first-order valence-corrected chi connectivity index (χ1v) is 8.30. The number of nitrogens with two attached hydrogens (primary N) is 1. The first-order chi connectivity index (χ1) is 9.88. The molecule has 1 aliphatic rings. The summed E-state index contributed by atoms with van der Waals surface area (Å²) in [5.74, 6) is -0.245. The molecule has 2 rings (SSSR count). The molecule has 2 atom stereocenters. The first-order valence-electron chi connectivity index (χ1n) is 7.36. The van der Waals surface area contributed by atoms with Crippen molar-refractivity contribution >= 4 is 17.8 Å². The van der Waals surface area contributed by atoms with Crippen molar-refractivity contribution in [3.8, 4) is 0 Å². The molecule has 0 aromatic heterocycles. The van der Waals surface area contributed by atoms with Crippen molar-refractivity contribution in [1.82, 2.24) is 4.90 Å². The van der Waals surface area contributed by atoms with Gasteiger partial charge in [0, 0.05) is 11.8 Å². The van der Waals surface area contributed by atoms with Crippen molar-refractivity contribution in [3.63, 3.8) is 0 Å². The number of thioether (sulfide) groups is 1. The van der Waals surface area contributed by atoms with Gasteiger partial charge in [-0.2, -0.15) is 11.8 Å². The molecule has 0 saturated carbocycles. The molecule has 1 heterocycles. The second kappa shape index (κ2) is 6.69. The van der Waals surface area contributed by atoms with E-state index < -0.39 is 6.03 Å². The van der Waals surface area contributed by atoms with Crippen molar-refractivity contribution in [2.45, 2.75) is 50.2 Å². The van der Waals surface area contributed by atoms with Crippen molar-refractivity contribution in [3.05, 3.63) is 35.1 Å². The Balaban J connectivity index is 2.27. The molecule has 1 aliphatic heterocycles. The molecule has 5 heteroatoms. The van der Waals surface area contributed by atoms with Crippen LogP contribution in [0.15, 0.2) is 18.2 Å². The maximum atomic E-state index is 13.3. The highest BCUT2D eigenvalue weighted by molar-refractivity contribution is 8.00. The average molecular weight is 310 g/mol. The summed E-state index contributed by atoms with van der Waals surface area (Å²) in [7, 11) is 0. The predicted molar refractivity (Wildman–Crippen MR) is 85.9 cm³/mol. The van der Waals surface area contributed by atoms with Gasteiger partial charge in [0.05, 0.1) is 6.04 Å². The number of nitrogens with zero attached hydrogens (tertiary/aromatic N) is 1. The van der Waals surface area contributed by atoms with E-state index in [0.717, 1.165) is 24.0 Å². The highest BCUT2D eigenvalue weighted by Gasteiger charge is 2.33. The Morgan fingerprint density at radius 3 is 2.76 bits per heavy atom. The molecule has 0 radical (unpaired) electrons. The molecule has 0 spiro atoms. The third-order valence-corrected chi connectivity index (χ3v) is 5.25. The van der Waals surface area contributed by atoms with Crippen molar-refractivity contribution in [2.24, 2.45) is 5.73 Å². The van der Waals surface area contributed by atoms with Crippen LogP contribution in [0.4, 0.5) is 9.18 Å². The first kappa shape index (κ1) is 16.1. The van der Waals surface area contributed by atoms with Gasteiger partial charge in [-0.05, 0) is 48.3 Å². The summed E-state index contributed by atoms with van der Waals surface area (Å²) in [5.41, 5.74) is 7.41. The van der Waals surface area contributed by atoms with Crippen molar-refractivity contribution in [1.29, 1.82) is 0 Å². The van der Waals surface area contributed by atoms with E-state index in [1.165, 1.54) is 12.1 Å². The summed E-state index contributed by atoms with van der Waals surface area (Å²) >= 11 is 1.94. The van der Waals surface area contributed by atoms with Crippen LogP contribution in [0.3, 0.4) is 0 Å². The number of urea groups is 1. The number of likely N-dealkylation sites (tertiary alicyclic amines) is 1. The fraction of sp³-hybridized carbons (Fsp3) is 0.562. The zero-order valence-corrected chi connectivity index (χ0v) is 13.6. The number of piperidine rings is 1. The predicted octanol–water partition coefficient (Wildman–Crippen LogP) is 3.86. The standard InChI is InChI=1S/C16H23FN2OS/c1-10(2)21-13-6-7-19(16(18)20)15(9-13)14-5-4-12(17)8-11(14)3/h4-5,8,10,13,15H,6-7,9H2,1-3H3,(H2,18,20). The van der Waals surface area contributed by atoms with Crippen molar-refractivity contribution in [2.75, 3.05) is 6.54 Å². The SMILES string of the molecule is Cc1cc(F)ccc1C1CC(SC(C)C)CCN1C(N)=O. The molecule has 1 aromatic carbocycles. The Bertz CT molecular complexity index is 521. The molecule has 2 amide bonds. The van der Waals surface area contributed by atoms with E-state index in [0.29, 0.717) is 17.0 Å². The third kappa shape index (κ3) is 3.90. The maximum Gasteiger partial charge on any atom is 0.315 e. The fourth-order valence-corrected chi connectivity index (χ4v) is 4.32. The van der Waals surface area contributed by atoms with Gasteiger partial charge in [0.2, 0.25) is 0 Å². The molecule has 3 nitrogen and oxygen atoms in total. The number of rotatable bonds is 3. The fourth-order valence-electron chi connectivity index (χ4n) is 3.01. The normalized spacial score (nSPS) is 22.6. The summed E-state index contributed by atoms with van der Waals surface area (Å²) in [5, 5.41) is 1.07. The molecule has 116 valence electrons. The van der Waals surface area contributed by atoms with E-state index in [-0.39, 0.29) is 11.9 Å². The lowest BCUT2D eigenvalue weighted by Crippen LogP contribution is -2.45. The van der Waals surface area contributed by atoms with Crippen LogP contribution in [0.25, 0.3) is 0 Å². The number of aryl methyl sites for hydroxylation is 1. The van der Waals surface area contributed by atoms with E-state index in [4.69, 9.17) is 5.73 Å². The zero-order chi connectivity index (χ0) is 15.6. The van der Waals surface area contributed by atoms with E-state index in [2.05, 4.69) is 13.8 Å². The lowest BCUT2D eigenvalue weighted by Gasteiger charge is -2.39. The van der Waals surface area contributed by atoms with Crippen LogP contribution in [0, 0.1) is 12.7 Å². The van der Waals surface area contributed by atoms with E-state index in [9.17, 15) is 9.18 Å². The largest absolute Gasteiger partial charge is 0.351 e. The average Bonchev–Trinajstić information content (AvgIpc) is 2.37. The summed E-state index contributed by atoms with van der Waals surface area (Å²) in [6, 6.07) is 4.33. The monoisotopic (exact) mass is 310 g/mol. The Kier molecular flexibility index (Phi) is 5.14. The Morgan fingerprint density at radius 2 is 2.19 bits per heavy atom. The molecule has 1 fully saturated rings. The molecule has 1 aromatic rings. The van der Waals surface area contributed by atoms with Gasteiger partial charge < -0.3 is 10.6 Å². The topological polar surface area (TPSA) is 46.3 Å². The number of hydrogen-bond donors (Lipinski definition) is 1. The second-order valence-electron chi connectivity index (χ2n) is 5.88. The maximum absolute atomic E-state index is 13.3. The van der Waals surface area contributed by atoms with Gasteiger partial charge in [-0.15, -0.1) is 0 Å². The highest BCUT2D eigenvalue weighted by atomic mass is 32.2. The number of halogens is 1. The van der Waals surface area contributed by atoms with Crippen LogP contribution in [0.2, 0.25) is 0 Å². The van der Waals surface area contributed by atoms with Gasteiger partial charge >= 0.3 is 6.03 Å². The quantitative estimate of drug-likeness (QED) is 0.921. The molecular weight excluding hydrogens is 287 g/mol. The van der Waals surface area contributed by atoms with E-state index in [1.807, 2.05) is 18.7 Å². The molecule has 0 aliphatic carbocycles. The number of primary amides is 1. The second-order valence-corrected chi connectivity index (χ2v) is 7.76. The minimum Gasteiger partial charge on any atom is -0.351 e. The van der Waals surface area contributed by atoms with Gasteiger partial charge in [-0.25, -0.2) is 9.18 Å². The van der Waals surface area contributed by atoms with E-state index in [1.54, 1.807) is 11.0 Å². The van der Waals surface area contributed by atoms with E-state index >= 15 is 0 Å². The Hall–Kier alpha value is -1.23. The van der Waals surface area contributed by atoms with Crippen LogP contribution in [-0.2, 0) is 0 Å². The van der Waals surface area contributed by atoms with Crippen LogP contribution in [0.5, 0.6) is 0 Å². The number of amides is 2. The van der Waals surface area contributed by atoms with Gasteiger partial charge in [-0.3, -0.25) is 0 Å². The van der Waals surface area contributed by atoms with Gasteiger partial charge in [0.25, 0.3) is 0 Å². The molecule has 21 heavy (non-hydrogen) atoms. The zero-order valence-electron chi connectivity index (χ0n) is 12.8. The van der Waals surface area contributed by atoms with Crippen molar-refractivity contribution < 1.29 is 9.18 Å². The van der Waals surface area contributed by atoms with Crippen LogP contribution >= 0.6 is 11.8 Å². The summed E-state index contributed by atoms with van der Waals surface area (Å²) in [6.07, 6.45) is 1.83. The lowest BCUT2D eigenvalue weighted by molar-refractivity contribution is 0.162. The number of hydrogen-bond acceptors (Lipinski definition) is 2. The third-order valence-electron chi connectivity index (χ3n) is 3.89. The molecular formula is C16H23FN2OS. The molecule has 2 unspecified atom stereocenters. The number of benzene rings is 1.